The van der Waals surface area contributed by atoms with E-state index in [1.807, 2.05) is 24.3 Å². The molecule has 1 nitrogen and oxygen atoms in total. The molecular formula is C26H28FOS+. The number of halogens is 1. The van der Waals surface area contributed by atoms with E-state index in [9.17, 15) is 4.39 Å². The molecule has 0 amide bonds. The van der Waals surface area contributed by atoms with Crippen LogP contribution in [0.2, 0.25) is 0 Å². The van der Waals surface area contributed by atoms with Crippen LogP contribution in [0.4, 0.5) is 4.39 Å². The van der Waals surface area contributed by atoms with Crippen molar-refractivity contribution in [2.24, 2.45) is 5.92 Å². The predicted molar refractivity (Wildman–Crippen MR) is 118 cm³/mol. The van der Waals surface area contributed by atoms with E-state index in [0.29, 0.717) is 11.7 Å². The van der Waals surface area contributed by atoms with E-state index in [-0.39, 0.29) is 22.3 Å². The largest absolute Gasteiger partial charge is 0.484 e. The molecule has 3 aromatic carbocycles. The minimum atomic E-state index is -0.307. The Hall–Kier alpha value is -2.26. The molecule has 0 heterocycles. The fraction of sp³-hybridized carbons (Fsp3) is 0.308. The zero-order valence-corrected chi connectivity index (χ0v) is 17.9. The van der Waals surface area contributed by atoms with Gasteiger partial charge in [0, 0.05) is 6.07 Å². The molecule has 4 rings (SSSR count). The number of rotatable bonds is 6. The Morgan fingerprint density at radius 3 is 1.86 bits per heavy atom. The maximum Gasteiger partial charge on any atom is 0.170 e. The first-order valence-electron chi connectivity index (χ1n) is 10.4. The fourth-order valence-corrected chi connectivity index (χ4v) is 6.30. The molecule has 0 spiro atoms. The third-order valence-corrected chi connectivity index (χ3v) is 8.12. The molecule has 1 aliphatic rings. The molecule has 1 saturated carbocycles. The van der Waals surface area contributed by atoms with Crippen LogP contribution in [-0.2, 0) is 10.9 Å². The van der Waals surface area contributed by atoms with E-state index in [4.69, 9.17) is 4.74 Å². The van der Waals surface area contributed by atoms with Crippen LogP contribution in [0.1, 0.15) is 39.5 Å². The van der Waals surface area contributed by atoms with Crippen LogP contribution in [-0.4, -0.2) is 5.60 Å². The average molecular weight is 408 g/mol. The first kappa shape index (κ1) is 20.0. The van der Waals surface area contributed by atoms with Gasteiger partial charge >= 0.3 is 0 Å². The van der Waals surface area contributed by atoms with Crippen molar-refractivity contribution in [3.05, 3.63) is 84.7 Å². The summed E-state index contributed by atoms with van der Waals surface area (Å²) in [4.78, 5) is 3.52. The normalized spacial score (nSPS) is 15.8. The van der Waals surface area contributed by atoms with Gasteiger partial charge in [-0.1, -0.05) is 50.2 Å². The van der Waals surface area contributed by atoms with E-state index >= 15 is 0 Å². The van der Waals surface area contributed by atoms with Crippen LogP contribution in [0, 0.1) is 11.7 Å². The van der Waals surface area contributed by atoms with E-state index < -0.39 is 0 Å². The van der Waals surface area contributed by atoms with Gasteiger partial charge in [-0.05, 0) is 68.0 Å². The smallest absolute Gasteiger partial charge is 0.170 e. The Balaban J connectivity index is 1.76. The van der Waals surface area contributed by atoms with Crippen LogP contribution in [0.15, 0.2) is 93.5 Å². The average Bonchev–Trinajstić information content (AvgIpc) is 3.22. The first-order valence-corrected chi connectivity index (χ1v) is 11.6. The Labute approximate surface area is 176 Å². The molecule has 0 bridgehead atoms. The van der Waals surface area contributed by atoms with Crippen molar-refractivity contribution in [2.45, 2.75) is 59.8 Å². The summed E-state index contributed by atoms with van der Waals surface area (Å²) in [7, 11) is -0.307. The summed E-state index contributed by atoms with van der Waals surface area (Å²) >= 11 is 0. The number of ether oxygens (including phenoxy) is 1. The van der Waals surface area contributed by atoms with Crippen molar-refractivity contribution < 1.29 is 9.13 Å². The molecular weight excluding hydrogens is 379 g/mol. The lowest BCUT2D eigenvalue weighted by atomic mass is 9.88. The number of benzene rings is 3. The highest BCUT2D eigenvalue weighted by molar-refractivity contribution is 7.97. The summed E-state index contributed by atoms with van der Waals surface area (Å²) in [5.74, 6) is 0.474. The second-order valence-electron chi connectivity index (χ2n) is 8.05. The van der Waals surface area contributed by atoms with Gasteiger partial charge in [0.25, 0.3) is 0 Å². The zero-order valence-electron chi connectivity index (χ0n) is 17.1. The molecule has 0 radical (unpaired) electrons. The Morgan fingerprint density at radius 1 is 0.793 bits per heavy atom. The number of hydrogen-bond donors (Lipinski definition) is 0. The Kier molecular flexibility index (Phi) is 5.96. The van der Waals surface area contributed by atoms with Gasteiger partial charge in [-0.15, -0.1) is 0 Å². The standard InChI is InChI=1S/C26H28FOS/c1-20(2)26(17-9-10-18-26)28-25-19-23(15-16-24(25)27)29(21-11-5-3-6-12-21)22-13-7-4-8-14-22/h3-8,11-16,19-20H,9-10,17-18H2,1-2H3/q+1. The monoisotopic (exact) mass is 407 g/mol. The molecule has 0 saturated heterocycles. The summed E-state index contributed by atoms with van der Waals surface area (Å²) in [6, 6.07) is 26.3. The van der Waals surface area contributed by atoms with Crippen LogP contribution in [0.25, 0.3) is 0 Å². The van der Waals surface area contributed by atoms with Crippen LogP contribution in [0.5, 0.6) is 5.75 Å². The SMILES string of the molecule is CC(C)C1(Oc2cc([S+](c3ccccc3)c3ccccc3)ccc2F)CCCC1. The molecule has 150 valence electrons. The molecule has 3 aromatic rings. The Bertz CT molecular complexity index is 894. The maximum atomic E-state index is 14.8. The van der Waals surface area contributed by atoms with E-state index in [0.717, 1.165) is 30.6 Å². The van der Waals surface area contributed by atoms with E-state index in [1.54, 1.807) is 6.07 Å². The van der Waals surface area contributed by atoms with Gasteiger partial charge in [0.05, 0.1) is 10.9 Å². The summed E-state index contributed by atoms with van der Waals surface area (Å²) in [5.41, 5.74) is -0.252. The lowest BCUT2D eigenvalue weighted by Gasteiger charge is -2.34. The second-order valence-corrected chi connectivity index (χ2v) is 10.1. The minimum Gasteiger partial charge on any atom is -0.484 e. The second kappa shape index (κ2) is 8.62. The van der Waals surface area contributed by atoms with Gasteiger partial charge in [-0.2, -0.15) is 0 Å². The van der Waals surface area contributed by atoms with Gasteiger partial charge in [0.1, 0.15) is 5.60 Å². The van der Waals surface area contributed by atoms with Gasteiger partial charge < -0.3 is 4.74 Å². The summed E-state index contributed by atoms with van der Waals surface area (Å²) < 4.78 is 21.3. The van der Waals surface area contributed by atoms with Crippen LogP contribution >= 0.6 is 0 Å². The van der Waals surface area contributed by atoms with Crippen molar-refractivity contribution in [3.63, 3.8) is 0 Å². The molecule has 0 N–H and O–H groups in total. The summed E-state index contributed by atoms with van der Waals surface area (Å²) in [6.45, 7) is 4.37. The highest BCUT2D eigenvalue weighted by atomic mass is 32.2. The van der Waals surface area contributed by atoms with Gasteiger partial charge in [0.15, 0.2) is 26.3 Å². The van der Waals surface area contributed by atoms with Crippen molar-refractivity contribution in [1.82, 2.24) is 0 Å². The first-order chi connectivity index (χ1) is 14.1. The van der Waals surface area contributed by atoms with Gasteiger partial charge in [-0.25, -0.2) is 4.39 Å². The topological polar surface area (TPSA) is 9.23 Å². The molecule has 0 unspecified atom stereocenters. The minimum absolute atomic E-state index is 0.252. The van der Waals surface area contributed by atoms with E-state index in [2.05, 4.69) is 62.4 Å². The zero-order chi connectivity index (χ0) is 20.3. The lowest BCUT2D eigenvalue weighted by Crippen LogP contribution is -2.38. The van der Waals surface area contributed by atoms with Gasteiger partial charge in [-0.3, -0.25) is 0 Å². The summed E-state index contributed by atoms with van der Waals surface area (Å²) in [6.07, 6.45) is 4.30. The molecule has 3 heteroatoms. The highest BCUT2D eigenvalue weighted by Crippen LogP contribution is 2.42. The fourth-order valence-electron chi connectivity index (χ4n) is 4.20. The quantitative estimate of drug-likeness (QED) is 0.390. The molecule has 0 atom stereocenters. The van der Waals surface area contributed by atoms with Crippen molar-refractivity contribution in [2.75, 3.05) is 0 Å². The van der Waals surface area contributed by atoms with Crippen LogP contribution in [0.3, 0.4) is 0 Å². The van der Waals surface area contributed by atoms with Crippen molar-refractivity contribution in [3.8, 4) is 5.75 Å². The molecule has 0 aliphatic heterocycles. The molecule has 1 aliphatic carbocycles. The predicted octanol–water partition coefficient (Wildman–Crippen LogP) is 7.27. The number of hydrogen-bond acceptors (Lipinski definition) is 1. The third-order valence-electron chi connectivity index (χ3n) is 5.91. The van der Waals surface area contributed by atoms with Gasteiger partial charge in [0.2, 0.25) is 0 Å². The van der Waals surface area contributed by atoms with Crippen molar-refractivity contribution in [1.29, 1.82) is 0 Å². The van der Waals surface area contributed by atoms with Crippen LogP contribution < -0.4 is 4.74 Å². The molecule has 0 aromatic heterocycles. The third kappa shape index (κ3) is 4.20. The molecule has 1 fully saturated rings. The van der Waals surface area contributed by atoms with E-state index in [1.165, 1.54) is 9.79 Å². The lowest BCUT2D eigenvalue weighted by molar-refractivity contribution is 0.0249. The maximum absolute atomic E-state index is 14.8. The molecule has 29 heavy (non-hydrogen) atoms. The Morgan fingerprint density at radius 2 is 1.34 bits per heavy atom. The highest BCUT2D eigenvalue weighted by Gasteiger charge is 2.40. The van der Waals surface area contributed by atoms with Crippen molar-refractivity contribution >= 4 is 10.9 Å². The summed E-state index contributed by atoms with van der Waals surface area (Å²) in [5, 5.41) is 0.